The Labute approximate surface area is 85.9 Å². The Morgan fingerprint density at radius 1 is 1.60 bits per heavy atom. The molecule has 0 aliphatic carbocycles. The smallest absolute Gasteiger partial charge is 0.337 e. The number of aliphatic hydroxyl groups excluding tert-OH is 1. The van der Waals surface area contributed by atoms with Crippen LogP contribution in [0.2, 0.25) is 0 Å². The van der Waals surface area contributed by atoms with E-state index >= 15 is 0 Å². The van der Waals surface area contributed by atoms with Crippen molar-refractivity contribution in [3.8, 4) is 0 Å². The largest absolute Gasteiger partial charge is 0.479 e. The molecule has 0 aliphatic rings. The quantitative estimate of drug-likeness (QED) is 0.787. The van der Waals surface area contributed by atoms with E-state index in [1.54, 1.807) is 0 Å². The first-order valence-corrected chi connectivity index (χ1v) is 4.24. The van der Waals surface area contributed by atoms with Gasteiger partial charge in [0.05, 0.1) is 6.61 Å². The van der Waals surface area contributed by atoms with E-state index in [0.29, 0.717) is 5.56 Å². The molecule has 1 atom stereocenters. The maximum atomic E-state index is 13.3. The number of carboxylic acid groups (broad SMARTS) is 1. The van der Waals surface area contributed by atoms with Crippen LogP contribution in [0.1, 0.15) is 17.2 Å². The molecule has 1 aromatic rings. The second kappa shape index (κ2) is 4.86. The normalized spacial score (nSPS) is 12.5. The van der Waals surface area contributed by atoms with Crippen molar-refractivity contribution < 1.29 is 24.1 Å². The molecule has 0 saturated heterocycles. The molecular formula is C10H11FO4. The van der Waals surface area contributed by atoms with Crippen molar-refractivity contribution in [3.05, 3.63) is 35.1 Å². The topological polar surface area (TPSA) is 66.8 Å². The Balaban J connectivity index is 2.95. The van der Waals surface area contributed by atoms with E-state index < -0.39 is 17.9 Å². The number of carboxylic acids is 1. The lowest BCUT2D eigenvalue weighted by Crippen LogP contribution is -2.11. The Morgan fingerprint density at radius 3 is 2.73 bits per heavy atom. The minimum absolute atomic E-state index is 0.0138. The number of ether oxygens (including phenoxy) is 1. The minimum Gasteiger partial charge on any atom is -0.479 e. The summed E-state index contributed by atoms with van der Waals surface area (Å²) in [5.74, 6) is -2.00. The molecule has 2 N–H and O–H groups in total. The summed E-state index contributed by atoms with van der Waals surface area (Å²) in [6, 6.07) is 3.74. The zero-order valence-electron chi connectivity index (χ0n) is 8.11. The summed E-state index contributed by atoms with van der Waals surface area (Å²) in [7, 11) is 1.43. The molecule has 0 saturated carbocycles. The van der Waals surface area contributed by atoms with Crippen LogP contribution >= 0.6 is 0 Å². The summed E-state index contributed by atoms with van der Waals surface area (Å²) in [5, 5.41) is 17.6. The van der Waals surface area contributed by atoms with Crippen LogP contribution < -0.4 is 0 Å². The van der Waals surface area contributed by atoms with Gasteiger partial charge in [-0.05, 0) is 11.6 Å². The number of methoxy groups -OCH3 is 1. The van der Waals surface area contributed by atoms with Gasteiger partial charge in [0.2, 0.25) is 0 Å². The molecule has 0 spiro atoms. The summed E-state index contributed by atoms with van der Waals surface area (Å²) < 4.78 is 18.0. The van der Waals surface area contributed by atoms with Crippen LogP contribution in [0.4, 0.5) is 4.39 Å². The Morgan fingerprint density at radius 2 is 2.27 bits per heavy atom. The average Bonchev–Trinajstić information content (AvgIpc) is 2.20. The lowest BCUT2D eigenvalue weighted by molar-refractivity contribution is -0.146. The molecule has 0 amide bonds. The summed E-state index contributed by atoms with van der Waals surface area (Å²) in [5.41, 5.74) is 0.332. The first kappa shape index (κ1) is 11.6. The Hall–Kier alpha value is -1.46. The number of rotatable bonds is 4. The molecule has 4 nitrogen and oxygen atoms in total. The van der Waals surface area contributed by atoms with Crippen LogP contribution in [-0.4, -0.2) is 23.3 Å². The molecule has 0 aromatic heterocycles. The van der Waals surface area contributed by atoms with E-state index in [-0.39, 0.29) is 12.2 Å². The number of benzene rings is 1. The van der Waals surface area contributed by atoms with Gasteiger partial charge >= 0.3 is 5.97 Å². The average molecular weight is 214 g/mol. The number of aliphatic carboxylic acids is 1. The lowest BCUT2D eigenvalue weighted by Gasteiger charge is -2.08. The van der Waals surface area contributed by atoms with E-state index in [1.165, 1.54) is 19.2 Å². The van der Waals surface area contributed by atoms with Crippen LogP contribution in [0.15, 0.2) is 18.2 Å². The fraction of sp³-hybridized carbons (Fsp3) is 0.300. The molecule has 1 aromatic carbocycles. The third-order valence-corrected chi connectivity index (χ3v) is 1.93. The van der Waals surface area contributed by atoms with Crippen molar-refractivity contribution in [3.63, 3.8) is 0 Å². The van der Waals surface area contributed by atoms with Gasteiger partial charge < -0.3 is 14.9 Å². The predicted octanol–water partition coefficient (Wildman–Crippen LogP) is 1.09. The number of aliphatic hydroxyl groups is 1. The predicted molar refractivity (Wildman–Crippen MR) is 49.7 cm³/mol. The van der Waals surface area contributed by atoms with Crippen LogP contribution in [0.25, 0.3) is 0 Å². The van der Waals surface area contributed by atoms with Crippen LogP contribution in [-0.2, 0) is 16.1 Å². The van der Waals surface area contributed by atoms with Gasteiger partial charge in [-0.3, -0.25) is 0 Å². The highest BCUT2D eigenvalue weighted by Gasteiger charge is 2.17. The molecule has 0 heterocycles. The van der Waals surface area contributed by atoms with E-state index in [1.807, 2.05) is 0 Å². The van der Waals surface area contributed by atoms with E-state index in [0.717, 1.165) is 6.07 Å². The molecule has 5 heteroatoms. The van der Waals surface area contributed by atoms with Gasteiger partial charge in [-0.1, -0.05) is 12.1 Å². The third kappa shape index (κ3) is 2.74. The molecule has 82 valence electrons. The summed E-state index contributed by atoms with van der Waals surface area (Å²) in [6.07, 6.45) is -1.70. The maximum Gasteiger partial charge on any atom is 0.337 e. The van der Waals surface area contributed by atoms with Crippen molar-refractivity contribution in [1.82, 2.24) is 0 Å². The molecule has 1 unspecified atom stereocenters. The summed E-state index contributed by atoms with van der Waals surface area (Å²) >= 11 is 0. The van der Waals surface area contributed by atoms with Crippen LogP contribution in [0.3, 0.4) is 0 Å². The minimum atomic E-state index is -1.70. The molecule has 0 bridgehead atoms. The zero-order chi connectivity index (χ0) is 11.4. The van der Waals surface area contributed by atoms with Crippen LogP contribution in [0.5, 0.6) is 0 Å². The van der Waals surface area contributed by atoms with E-state index in [2.05, 4.69) is 0 Å². The second-order valence-corrected chi connectivity index (χ2v) is 3.02. The highest BCUT2D eigenvalue weighted by Crippen LogP contribution is 2.17. The number of halogens is 1. The number of hydrogen-bond donors (Lipinski definition) is 2. The molecule has 1 rings (SSSR count). The maximum absolute atomic E-state index is 13.3. The molecular weight excluding hydrogens is 203 g/mol. The third-order valence-electron chi connectivity index (χ3n) is 1.93. The van der Waals surface area contributed by atoms with Gasteiger partial charge in [0.15, 0.2) is 6.10 Å². The molecule has 0 radical (unpaired) electrons. The zero-order valence-corrected chi connectivity index (χ0v) is 8.11. The summed E-state index contributed by atoms with van der Waals surface area (Å²) in [4.78, 5) is 10.4. The van der Waals surface area contributed by atoms with Gasteiger partial charge in [0, 0.05) is 12.7 Å². The van der Waals surface area contributed by atoms with E-state index in [4.69, 9.17) is 14.9 Å². The first-order chi connectivity index (χ1) is 7.06. The van der Waals surface area contributed by atoms with Crippen LogP contribution in [0, 0.1) is 5.82 Å². The molecule has 0 fully saturated rings. The Bertz CT molecular complexity index is 364. The summed E-state index contributed by atoms with van der Waals surface area (Å²) in [6.45, 7) is 0.106. The highest BCUT2D eigenvalue weighted by molar-refractivity contribution is 5.74. The first-order valence-electron chi connectivity index (χ1n) is 4.24. The highest BCUT2D eigenvalue weighted by atomic mass is 19.1. The monoisotopic (exact) mass is 214 g/mol. The number of hydrogen-bond acceptors (Lipinski definition) is 3. The van der Waals surface area contributed by atoms with Crippen molar-refractivity contribution in [2.45, 2.75) is 12.7 Å². The molecule has 15 heavy (non-hydrogen) atoms. The molecule has 0 aliphatic heterocycles. The van der Waals surface area contributed by atoms with Gasteiger partial charge in [0.25, 0.3) is 0 Å². The second-order valence-electron chi connectivity index (χ2n) is 3.02. The van der Waals surface area contributed by atoms with Gasteiger partial charge in [-0.25, -0.2) is 9.18 Å². The fourth-order valence-electron chi connectivity index (χ4n) is 1.15. The van der Waals surface area contributed by atoms with Crippen molar-refractivity contribution in [1.29, 1.82) is 0 Å². The van der Waals surface area contributed by atoms with Crippen molar-refractivity contribution in [2.75, 3.05) is 7.11 Å². The standard InChI is InChI=1S/C10H11FO4/c1-15-5-7-3-2-6(4-8(7)11)9(12)10(13)14/h2-4,9,12H,5H2,1H3,(H,13,14). The number of carbonyl (C=O) groups is 1. The van der Waals surface area contributed by atoms with Crippen molar-refractivity contribution >= 4 is 5.97 Å². The van der Waals surface area contributed by atoms with Gasteiger partial charge in [-0.15, -0.1) is 0 Å². The van der Waals surface area contributed by atoms with Crippen molar-refractivity contribution in [2.24, 2.45) is 0 Å². The van der Waals surface area contributed by atoms with Gasteiger partial charge in [0.1, 0.15) is 5.82 Å². The fourth-order valence-corrected chi connectivity index (χ4v) is 1.15. The van der Waals surface area contributed by atoms with Gasteiger partial charge in [-0.2, -0.15) is 0 Å². The SMILES string of the molecule is COCc1ccc(C(O)C(=O)O)cc1F. The Kier molecular flexibility index (Phi) is 3.76. The van der Waals surface area contributed by atoms with E-state index in [9.17, 15) is 9.18 Å². The lowest BCUT2D eigenvalue weighted by atomic mass is 10.1.